The Morgan fingerprint density at radius 1 is 1.07 bits per heavy atom. The van der Waals surface area contributed by atoms with Gasteiger partial charge in [-0.05, 0) is 62.0 Å². The average molecular weight is 606 g/mol. The molecule has 0 aliphatic carbocycles. The molecule has 8 nitrogen and oxygen atoms in total. The van der Waals surface area contributed by atoms with E-state index in [9.17, 15) is 23.6 Å². The summed E-state index contributed by atoms with van der Waals surface area (Å²) >= 11 is 6.82. The van der Waals surface area contributed by atoms with Gasteiger partial charge in [-0.1, -0.05) is 48.0 Å². The van der Waals surface area contributed by atoms with Gasteiger partial charge in [0.15, 0.2) is 0 Å². The highest BCUT2D eigenvalue weighted by atomic mass is 35.5. The summed E-state index contributed by atoms with van der Waals surface area (Å²) in [6, 6.07) is 18.4. The van der Waals surface area contributed by atoms with Crippen molar-refractivity contribution in [2.24, 2.45) is 0 Å². The van der Waals surface area contributed by atoms with Crippen molar-refractivity contribution in [3.05, 3.63) is 105 Å². The molecule has 1 aliphatic rings. The predicted molar refractivity (Wildman–Crippen MR) is 161 cm³/mol. The van der Waals surface area contributed by atoms with Gasteiger partial charge in [0.25, 0.3) is 11.1 Å². The van der Waals surface area contributed by atoms with Gasteiger partial charge >= 0.3 is 5.97 Å². The van der Waals surface area contributed by atoms with E-state index in [0.29, 0.717) is 5.56 Å². The van der Waals surface area contributed by atoms with E-state index in [1.165, 1.54) is 24.3 Å². The number of para-hydroxylation sites is 1. The minimum atomic E-state index is -0.639. The molecule has 5 rings (SSSR count). The van der Waals surface area contributed by atoms with E-state index in [1.807, 2.05) is 35.8 Å². The van der Waals surface area contributed by atoms with Crippen LogP contribution < -0.4 is 5.32 Å². The molecule has 1 saturated heterocycles. The summed E-state index contributed by atoms with van der Waals surface area (Å²) in [5, 5.41) is 3.01. The third kappa shape index (κ3) is 5.81. The fourth-order valence-corrected chi connectivity index (χ4v) is 5.74. The SMILES string of the molecule is CCOC(=O)c1cc(NC(=O)CN2C(=O)S/C(=C\c3c(C)n(Cc4ccccc4F)c4ccccc34)C2=O)ccc1Cl. The van der Waals surface area contributed by atoms with Crippen molar-refractivity contribution in [2.75, 3.05) is 18.5 Å². The zero-order valence-electron chi connectivity index (χ0n) is 22.6. The van der Waals surface area contributed by atoms with Crippen LogP contribution in [0, 0.1) is 12.7 Å². The number of hydrogen-bond donors (Lipinski definition) is 1. The van der Waals surface area contributed by atoms with Crippen LogP contribution in [0.2, 0.25) is 5.02 Å². The average Bonchev–Trinajstić information content (AvgIpc) is 3.38. The van der Waals surface area contributed by atoms with Crippen molar-refractivity contribution in [3.8, 4) is 0 Å². The molecule has 3 amide bonds. The number of anilines is 1. The van der Waals surface area contributed by atoms with E-state index in [2.05, 4.69) is 5.32 Å². The zero-order chi connectivity index (χ0) is 30.0. The minimum Gasteiger partial charge on any atom is -0.462 e. The summed E-state index contributed by atoms with van der Waals surface area (Å²) in [6.07, 6.45) is 1.64. The summed E-state index contributed by atoms with van der Waals surface area (Å²) < 4.78 is 21.4. The maximum Gasteiger partial charge on any atom is 0.339 e. The Bertz CT molecular complexity index is 1780. The molecule has 1 fully saturated rings. The number of esters is 1. The Kier molecular flexibility index (Phi) is 8.46. The highest BCUT2D eigenvalue weighted by Gasteiger charge is 2.36. The van der Waals surface area contributed by atoms with Crippen LogP contribution in [0.15, 0.2) is 71.6 Å². The van der Waals surface area contributed by atoms with Crippen molar-refractivity contribution in [1.82, 2.24) is 9.47 Å². The third-order valence-electron chi connectivity index (χ3n) is 6.76. The number of nitrogens with one attached hydrogen (secondary N) is 1. The number of rotatable bonds is 8. The van der Waals surface area contributed by atoms with E-state index < -0.39 is 29.6 Å². The molecule has 1 aromatic heterocycles. The molecule has 0 atom stereocenters. The second kappa shape index (κ2) is 12.2. The summed E-state index contributed by atoms with van der Waals surface area (Å²) in [4.78, 5) is 52.0. The molecule has 0 saturated carbocycles. The molecule has 214 valence electrons. The van der Waals surface area contributed by atoms with Crippen LogP contribution in [-0.2, 0) is 20.9 Å². The number of halogens is 2. The van der Waals surface area contributed by atoms with E-state index in [-0.39, 0.29) is 40.1 Å². The predicted octanol–water partition coefficient (Wildman–Crippen LogP) is 6.64. The summed E-state index contributed by atoms with van der Waals surface area (Å²) in [7, 11) is 0. The molecule has 0 radical (unpaired) electrons. The zero-order valence-corrected chi connectivity index (χ0v) is 24.2. The first-order chi connectivity index (χ1) is 20.2. The van der Waals surface area contributed by atoms with Crippen LogP contribution in [0.5, 0.6) is 0 Å². The quantitative estimate of drug-likeness (QED) is 0.179. The van der Waals surface area contributed by atoms with Crippen molar-refractivity contribution in [2.45, 2.75) is 20.4 Å². The highest BCUT2D eigenvalue weighted by molar-refractivity contribution is 8.18. The first-order valence-electron chi connectivity index (χ1n) is 13.0. The highest BCUT2D eigenvalue weighted by Crippen LogP contribution is 2.36. The lowest BCUT2D eigenvalue weighted by Crippen LogP contribution is -2.36. The van der Waals surface area contributed by atoms with E-state index in [1.54, 1.807) is 31.2 Å². The summed E-state index contributed by atoms with van der Waals surface area (Å²) in [5.74, 6) is -2.19. The van der Waals surface area contributed by atoms with Gasteiger partial charge in [-0.2, -0.15) is 0 Å². The van der Waals surface area contributed by atoms with Crippen LogP contribution in [0.4, 0.5) is 14.9 Å². The van der Waals surface area contributed by atoms with Crippen molar-refractivity contribution >= 4 is 69.1 Å². The van der Waals surface area contributed by atoms with Crippen LogP contribution >= 0.6 is 23.4 Å². The molecule has 11 heteroatoms. The second-order valence-corrected chi connectivity index (χ2v) is 10.8. The number of thioether (sulfide) groups is 1. The first kappa shape index (κ1) is 29.1. The molecule has 2 heterocycles. The fraction of sp³-hybridized carbons (Fsp3) is 0.161. The van der Waals surface area contributed by atoms with Crippen molar-refractivity contribution in [1.29, 1.82) is 0 Å². The van der Waals surface area contributed by atoms with E-state index >= 15 is 0 Å². The summed E-state index contributed by atoms with van der Waals surface area (Å²) in [6.45, 7) is 3.46. The number of carbonyl (C=O) groups is 4. The maximum absolute atomic E-state index is 14.4. The number of aromatic nitrogens is 1. The Balaban J connectivity index is 1.37. The topological polar surface area (TPSA) is 97.7 Å². The smallest absolute Gasteiger partial charge is 0.339 e. The van der Waals surface area contributed by atoms with E-state index in [0.717, 1.165) is 38.8 Å². The Labute approximate surface area is 250 Å². The fourth-order valence-electron chi connectivity index (χ4n) is 4.72. The molecule has 1 N–H and O–H groups in total. The summed E-state index contributed by atoms with van der Waals surface area (Å²) in [5.41, 5.74) is 3.24. The van der Waals surface area contributed by atoms with Crippen LogP contribution in [0.3, 0.4) is 0 Å². The van der Waals surface area contributed by atoms with Crippen molar-refractivity contribution < 1.29 is 28.3 Å². The maximum atomic E-state index is 14.4. The van der Waals surface area contributed by atoms with Gasteiger partial charge in [0.05, 0.1) is 28.6 Å². The molecular formula is C31H25ClFN3O5S. The lowest BCUT2D eigenvalue weighted by Gasteiger charge is -2.13. The first-order valence-corrected chi connectivity index (χ1v) is 14.2. The van der Waals surface area contributed by atoms with Gasteiger partial charge in [-0.25, -0.2) is 9.18 Å². The van der Waals surface area contributed by atoms with Crippen LogP contribution in [0.1, 0.15) is 34.1 Å². The van der Waals surface area contributed by atoms with E-state index in [4.69, 9.17) is 16.3 Å². The Morgan fingerprint density at radius 3 is 2.57 bits per heavy atom. The monoisotopic (exact) mass is 605 g/mol. The molecule has 1 aliphatic heterocycles. The van der Waals surface area contributed by atoms with Gasteiger partial charge in [0.2, 0.25) is 5.91 Å². The molecule has 0 unspecified atom stereocenters. The minimum absolute atomic E-state index is 0.0787. The van der Waals surface area contributed by atoms with Crippen molar-refractivity contribution in [3.63, 3.8) is 0 Å². The van der Waals surface area contributed by atoms with Gasteiger partial charge in [-0.15, -0.1) is 0 Å². The number of fused-ring (bicyclic) bond motifs is 1. The van der Waals surface area contributed by atoms with Gasteiger partial charge in [0, 0.05) is 33.4 Å². The molecular weight excluding hydrogens is 581 g/mol. The standard InChI is InChI=1S/C31H25ClFN3O5S/c1-3-41-30(39)23-14-20(12-13-24(23)32)34-28(37)17-36-29(38)27(42-31(36)40)15-22-18(2)35(26-11-7-5-9-21(22)26)16-19-8-4-6-10-25(19)33/h4-15H,3,16-17H2,1-2H3,(H,34,37)/b27-15-. The largest absolute Gasteiger partial charge is 0.462 e. The van der Waals surface area contributed by atoms with Gasteiger partial charge in [-0.3, -0.25) is 19.3 Å². The second-order valence-electron chi connectivity index (χ2n) is 9.42. The number of ether oxygens (including phenoxy) is 1. The molecule has 0 spiro atoms. The normalized spacial score (nSPS) is 14.2. The molecule has 42 heavy (non-hydrogen) atoms. The third-order valence-corrected chi connectivity index (χ3v) is 8.00. The lowest BCUT2D eigenvalue weighted by molar-refractivity contribution is -0.127. The number of benzene rings is 3. The lowest BCUT2D eigenvalue weighted by atomic mass is 10.1. The number of imide groups is 1. The van der Waals surface area contributed by atoms with Gasteiger partial charge < -0.3 is 14.6 Å². The van der Waals surface area contributed by atoms with Gasteiger partial charge in [0.1, 0.15) is 12.4 Å². The Morgan fingerprint density at radius 2 is 1.81 bits per heavy atom. The van der Waals surface area contributed by atoms with Crippen LogP contribution in [-0.4, -0.2) is 45.6 Å². The molecule has 0 bridgehead atoms. The molecule has 4 aromatic rings. The number of nitrogens with zero attached hydrogens (tertiary/aromatic N) is 2. The number of hydrogen-bond acceptors (Lipinski definition) is 6. The number of amides is 3. The number of carbonyl (C=O) groups excluding carboxylic acids is 4. The Hall–Kier alpha value is -4.41. The molecule has 3 aromatic carbocycles. The van der Waals surface area contributed by atoms with Crippen LogP contribution in [0.25, 0.3) is 17.0 Å².